The standard InChI is InChI=1S/C8H16Cl3O4P.K.H/c1-8(2,5-10)7(3-6(11)4-9)15-16(12,13)14;;/h6-7H,3-5H2,1-2H3,(H2,12,13,14);;/q;+1;-1. The molecule has 4 nitrogen and oxygen atoms in total. The first-order valence-corrected chi connectivity index (χ1v) is 7.66. The molecule has 0 aromatic heterocycles. The Balaban J connectivity index is -0.00000112. The Morgan fingerprint density at radius 1 is 1.41 bits per heavy atom. The van der Waals surface area contributed by atoms with Crippen molar-refractivity contribution in [3.8, 4) is 0 Å². The molecule has 0 heterocycles. The molecule has 2 N–H and O–H groups in total. The van der Waals surface area contributed by atoms with Gasteiger partial charge in [-0.05, 0) is 6.42 Å². The van der Waals surface area contributed by atoms with Gasteiger partial charge in [-0.2, -0.15) is 0 Å². The van der Waals surface area contributed by atoms with Crippen molar-refractivity contribution in [2.24, 2.45) is 5.41 Å². The van der Waals surface area contributed by atoms with Crippen LogP contribution in [0.5, 0.6) is 0 Å². The van der Waals surface area contributed by atoms with E-state index < -0.39 is 24.7 Å². The minimum Gasteiger partial charge on any atom is -1.00 e. The Kier molecular flexibility index (Phi) is 12.3. The van der Waals surface area contributed by atoms with E-state index >= 15 is 0 Å². The van der Waals surface area contributed by atoms with Crippen LogP contribution >= 0.6 is 42.6 Å². The number of rotatable bonds is 7. The third-order valence-corrected chi connectivity index (χ3v) is 4.20. The van der Waals surface area contributed by atoms with E-state index in [1.54, 1.807) is 13.8 Å². The third-order valence-electron chi connectivity index (χ3n) is 2.12. The largest absolute Gasteiger partial charge is 1.00 e. The van der Waals surface area contributed by atoms with Gasteiger partial charge in [-0.3, -0.25) is 4.52 Å². The molecule has 0 rings (SSSR count). The second-order valence-electron chi connectivity index (χ2n) is 4.19. The van der Waals surface area contributed by atoms with E-state index in [0.717, 1.165) is 0 Å². The van der Waals surface area contributed by atoms with E-state index in [1.807, 2.05) is 0 Å². The molecule has 0 saturated heterocycles. The summed E-state index contributed by atoms with van der Waals surface area (Å²) in [4.78, 5) is 17.6. The average Bonchev–Trinajstić information content (AvgIpc) is 2.14. The monoisotopic (exact) mass is 352 g/mol. The second kappa shape index (κ2) is 9.53. The van der Waals surface area contributed by atoms with E-state index in [4.69, 9.17) is 49.1 Å². The minimum absolute atomic E-state index is 0. The van der Waals surface area contributed by atoms with Crippen molar-refractivity contribution in [1.29, 1.82) is 0 Å². The summed E-state index contributed by atoms with van der Waals surface area (Å²) in [5.74, 6) is 0.379. The Bertz CT molecular complexity index is 267. The van der Waals surface area contributed by atoms with Crippen molar-refractivity contribution in [3.05, 3.63) is 0 Å². The molecule has 9 heteroatoms. The van der Waals surface area contributed by atoms with Gasteiger partial charge in [-0.1, -0.05) is 13.8 Å². The van der Waals surface area contributed by atoms with Gasteiger partial charge >= 0.3 is 59.2 Å². The number of hydrogen-bond acceptors (Lipinski definition) is 2. The van der Waals surface area contributed by atoms with Crippen molar-refractivity contribution < 1.29 is 71.7 Å². The molecular weight excluding hydrogens is 337 g/mol. The molecule has 0 aromatic rings. The molecule has 100 valence electrons. The molecule has 2 unspecified atom stereocenters. The van der Waals surface area contributed by atoms with Gasteiger partial charge in [-0.15, -0.1) is 34.8 Å². The normalized spacial score (nSPS) is 16.2. The number of hydrogen-bond donors (Lipinski definition) is 2. The van der Waals surface area contributed by atoms with Crippen LogP contribution in [0.1, 0.15) is 21.7 Å². The maximum atomic E-state index is 10.8. The molecular formula is C8H17Cl3KO4P. The van der Waals surface area contributed by atoms with Crippen LogP contribution in [0.4, 0.5) is 0 Å². The van der Waals surface area contributed by atoms with Crippen molar-refractivity contribution in [3.63, 3.8) is 0 Å². The quantitative estimate of drug-likeness (QED) is 0.386. The summed E-state index contributed by atoms with van der Waals surface area (Å²) in [5.41, 5.74) is -0.595. The molecule has 0 spiro atoms. The Morgan fingerprint density at radius 3 is 2.18 bits per heavy atom. The van der Waals surface area contributed by atoms with E-state index in [2.05, 4.69) is 0 Å². The number of phosphoric ester groups is 1. The van der Waals surface area contributed by atoms with Crippen LogP contribution in [0, 0.1) is 5.41 Å². The Morgan fingerprint density at radius 2 is 1.88 bits per heavy atom. The van der Waals surface area contributed by atoms with Crippen molar-refractivity contribution >= 4 is 42.6 Å². The summed E-state index contributed by atoms with van der Waals surface area (Å²) in [6.45, 7) is 3.50. The van der Waals surface area contributed by atoms with E-state index in [-0.39, 0.29) is 71.0 Å². The van der Waals surface area contributed by atoms with Gasteiger partial charge in [0.25, 0.3) is 0 Å². The van der Waals surface area contributed by atoms with Crippen LogP contribution in [-0.2, 0) is 9.09 Å². The zero-order valence-corrected chi connectivity index (χ0v) is 16.4. The van der Waals surface area contributed by atoms with E-state index in [9.17, 15) is 4.57 Å². The molecule has 0 aromatic carbocycles. The van der Waals surface area contributed by atoms with E-state index in [1.165, 1.54) is 0 Å². The molecule has 0 fully saturated rings. The van der Waals surface area contributed by atoms with Crippen LogP contribution in [0.2, 0.25) is 0 Å². The maximum absolute atomic E-state index is 10.8. The topological polar surface area (TPSA) is 66.8 Å². The minimum atomic E-state index is -4.56. The molecule has 0 amide bonds. The molecule has 0 aliphatic heterocycles. The van der Waals surface area contributed by atoms with E-state index in [0.29, 0.717) is 0 Å². The summed E-state index contributed by atoms with van der Waals surface area (Å²) in [6.07, 6.45) is -0.511. The SMILES string of the molecule is CC(C)(CCl)C(CC(Cl)CCl)OP(=O)(O)O.[H-].[K+]. The maximum Gasteiger partial charge on any atom is 1.00 e. The van der Waals surface area contributed by atoms with Gasteiger partial charge in [0.1, 0.15) is 0 Å². The summed E-state index contributed by atoms with van der Waals surface area (Å²) < 4.78 is 15.5. The summed E-state index contributed by atoms with van der Waals surface area (Å²) in [6, 6.07) is 0. The zero-order chi connectivity index (χ0) is 13.0. The van der Waals surface area contributed by atoms with Gasteiger partial charge in [-0.25, -0.2) is 4.57 Å². The Labute approximate surface area is 161 Å². The number of alkyl halides is 3. The van der Waals surface area contributed by atoms with Crippen molar-refractivity contribution in [2.45, 2.75) is 31.7 Å². The molecule has 0 bridgehead atoms. The van der Waals surface area contributed by atoms with Gasteiger partial charge in [0, 0.05) is 22.6 Å². The van der Waals surface area contributed by atoms with Crippen LogP contribution in [0.25, 0.3) is 0 Å². The third kappa shape index (κ3) is 10.0. The van der Waals surface area contributed by atoms with Crippen LogP contribution in [0.3, 0.4) is 0 Å². The van der Waals surface area contributed by atoms with Crippen LogP contribution in [0.15, 0.2) is 0 Å². The molecule has 0 saturated carbocycles. The predicted molar refractivity (Wildman–Crippen MR) is 67.5 cm³/mol. The average molecular weight is 354 g/mol. The summed E-state index contributed by atoms with van der Waals surface area (Å²) in [7, 11) is -4.56. The Hall–Kier alpha value is 2.62. The first-order valence-electron chi connectivity index (χ1n) is 4.62. The fourth-order valence-corrected chi connectivity index (χ4v) is 2.21. The van der Waals surface area contributed by atoms with Gasteiger partial charge < -0.3 is 11.2 Å². The fourth-order valence-electron chi connectivity index (χ4n) is 1.05. The van der Waals surface area contributed by atoms with Crippen LogP contribution < -0.4 is 51.4 Å². The number of phosphoric acid groups is 1. The summed E-state index contributed by atoms with van der Waals surface area (Å²) in [5, 5.41) is -0.416. The van der Waals surface area contributed by atoms with Gasteiger partial charge in [0.15, 0.2) is 0 Å². The smallest absolute Gasteiger partial charge is 1.00 e. The van der Waals surface area contributed by atoms with Gasteiger partial charge in [0.2, 0.25) is 0 Å². The first-order chi connectivity index (χ1) is 7.12. The number of halogens is 3. The molecule has 17 heavy (non-hydrogen) atoms. The van der Waals surface area contributed by atoms with Crippen LogP contribution in [-0.4, -0.2) is 33.0 Å². The first kappa shape index (κ1) is 21.9. The van der Waals surface area contributed by atoms with Gasteiger partial charge in [0.05, 0.1) is 6.10 Å². The fraction of sp³-hybridized carbons (Fsp3) is 1.00. The molecule has 2 atom stereocenters. The molecule has 0 aliphatic rings. The van der Waals surface area contributed by atoms with Crippen molar-refractivity contribution in [2.75, 3.05) is 11.8 Å². The molecule has 0 radical (unpaired) electrons. The van der Waals surface area contributed by atoms with Crippen molar-refractivity contribution in [1.82, 2.24) is 0 Å². The summed E-state index contributed by atoms with van der Waals surface area (Å²) >= 11 is 17.1. The second-order valence-corrected chi connectivity index (χ2v) is 6.58. The predicted octanol–water partition coefficient (Wildman–Crippen LogP) is 0.0821. The molecule has 0 aliphatic carbocycles. The zero-order valence-electron chi connectivity index (χ0n) is 11.1.